The van der Waals surface area contributed by atoms with E-state index in [1.54, 1.807) is 0 Å². The average Bonchev–Trinajstić information content (AvgIpc) is 1.99. The summed E-state index contributed by atoms with van der Waals surface area (Å²) in [5.41, 5.74) is 0. The normalized spacial score (nSPS) is 14.7. The van der Waals surface area contributed by atoms with Gasteiger partial charge in [-0.05, 0) is 0 Å². The third-order valence-corrected chi connectivity index (χ3v) is 3.62. The van der Waals surface area contributed by atoms with Crippen molar-refractivity contribution in [3.63, 3.8) is 0 Å². The Balaban J connectivity index is 5.58. The summed E-state index contributed by atoms with van der Waals surface area (Å²) >= 11 is -2.07. The molecule has 0 saturated heterocycles. The van der Waals surface area contributed by atoms with Gasteiger partial charge in [-0.2, -0.15) is 0 Å². The van der Waals surface area contributed by atoms with Crippen molar-refractivity contribution in [3.8, 4) is 0 Å². The van der Waals surface area contributed by atoms with Crippen LogP contribution in [0.25, 0.3) is 0 Å². The second-order valence-electron chi connectivity index (χ2n) is 2.44. The van der Waals surface area contributed by atoms with Gasteiger partial charge in [-0.15, -0.1) is 0 Å². The molecule has 0 aromatic heterocycles. The van der Waals surface area contributed by atoms with Gasteiger partial charge in [0.1, 0.15) is 0 Å². The zero-order valence-electron chi connectivity index (χ0n) is 7.08. The number of carboxylic acids is 2. The van der Waals surface area contributed by atoms with E-state index < -0.39 is 48.7 Å². The predicted molar refractivity (Wildman–Crippen MR) is 43.7 cm³/mol. The van der Waals surface area contributed by atoms with Gasteiger partial charge in [-0.1, -0.05) is 0 Å². The summed E-state index contributed by atoms with van der Waals surface area (Å²) in [5.74, 6) is -3.92. The fraction of sp³-hybridized carbons (Fsp3) is 0.500. The molecule has 0 amide bonds. The van der Waals surface area contributed by atoms with Crippen LogP contribution in [0.4, 0.5) is 0 Å². The summed E-state index contributed by atoms with van der Waals surface area (Å²) in [6, 6.07) is 0. The number of carbonyl (C=O) groups is 2. The van der Waals surface area contributed by atoms with Crippen LogP contribution in [-0.4, -0.2) is 55.4 Å². The Kier molecular flexibility index (Phi) is 4.35. The van der Waals surface area contributed by atoms with Gasteiger partial charge in [-0.25, -0.2) is 0 Å². The summed E-state index contributed by atoms with van der Waals surface area (Å²) < 4.78 is 41.8. The average molecular weight is 255 g/mol. The topological polar surface area (TPSA) is 158 Å². The molecular formula is C4H6AlNO8S. The van der Waals surface area contributed by atoms with E-state index in [0.717, 1.165) is 0 Å². The Morgan fingerprint density at radius 1 is 1.33 bits per heavy atom. The number of aliphatic carboxylic acids is 2. The number of hydrogen-bond acceptors (Lipinski definition) is 5. The molecule has 0 aliphatic carbocycles. The van der Waals surface area contributed by atoms with E-state index in [0.29, 0.717) is 0 Å². The van der Waals surface area contributed by atoms with Crippen molar-refractivity contribution < 1.29 is 36.6 Å². The molecule has 0 heterocycles. The van der Waals surface area contributed by atoms with Crippen molar-refractivity contribution in [1.82, 2.24) is 4.30 Å². The van der Waals surface area contributed by atoms with Gasteiger partial charge in [-0.3, -0.25) is 0 Å². The third kappa shape index (κ3) is 2.96. The van der Waals surface area contributed by atoms with Gasteiger partial charge in [0.25, 0.3) is 0 Å². The van der Waals surface area contributed by atoms with Crippen molar-refractivity contribution in [1.29, 1.82) is 0 Å². The van der Waals surface area contributed by atoms with Crippen molar-refractivity contribution in [3.05, 3.63) is 0 Å². The van der Waals surface area contributed by atoms with Crippen LogP contribution in [0, 0.1) is 0 Å². The molecule has 0 radical (unpaired) electrons. The predicted octanol–water partition coefficient (Wildman–Crippen LogP) is -2.32. The van der Waals surface area contributed by atoms with E-state index in [-0.39, 0.29) is 0 Å². The first kappa shape index (κ1) is 14.0. The molecule has 84 valence electrons. The molecular weight excluding hydrogens is 249 g/mol. The quantitative estimate of drug-likeness (QED) is 0.302. The van der Waals surface area contributed by atoms with Gasteiger partial charge in [0.2, 0.25) is 0 Å². The second kappa shape index (κ2) is 4.67. The van der Waals surface area contributed by atoms with Gasteiger partial charge in [0, 0.05) is 0 Å². The summed E-state index contributed by atoms with van der Waals surface area (Å²) in [6.45, 7) is 0. The first-order valence-corrected chi connectivity index (χ1v) is 5.80. The van der Waals surface area contributed by atoms with Crippen LogP contribution < -0.4 is 4.30 Å². The molecule has 0 aliphatic heterocycles. The number of rotatable bonds is 6. The molecule has 0 spiro atoms. The molecule has 0 bridgehead atoms. The number of carboxylic acid groups (broad SMARTS) is 2. The van der Waals surface area contributed by atoms with Gasteiger partial charge < -0.3 is 0 Å². The summed E-state index contributed by atoms with van der Waals surface area (Å²) in [5, 5.41) is 16.9. The maximum absolute atomic E-state index is 10.7. The van der Waals surface area contributed by atoms with Crippen LogP contribution in [0.3, 0.4) is 0 Å². The standard InChI is InChI=1S/C4H6NO7S.Al.O/c5-4(3(8)9,1-2(6)7)13(10,11)12;;/h5H,1H2,(H,6,7)(H,8,9)(H,10,11,12);;/q-1;+1;. The van der Waals surface area contributed by atoms with Crippen LogP contribution >= 0.6 is 0 Å². The molecule has 11 heteroatoms. The van der Waals surface area contributed by atoms with Gasteiger partial charge in [0.05, 0.1) is 0 Å². The molecule has 0 fully saturated rings. The van der Waals surface area contributed by atoms with E-state index in [1.807, 2.05) is 0 Å². The van der Waals surface area contributed by atoms with Crippen molar-refractivity contribution in [2.75, 3.05) is 0 Å². The summed E-state index contributed by atoms with van der Waals surface area (Å²) in [7, 11) is -5.25. The molecule has 15 heavy (non-hydrogen) atoms. The number of hydrogen-bond donors (Lipinski definition) is 4. The van der Waals surface area contributed by atoms with E-state index in [2.05, 4.69) is 0 Å². The fourth-order valence-electron chi connectivity index (χ4n) is 0.773. The first-order chi connectivity index (χ1) is 6.67. The molecule has 0 aromatic carbocycles. The summed E-state index contributed by atoms with van der Waals surface area (Å²) in [4.78, 5) is 17.7. The van der Waals surface area contributed by atoms with E-state index >= 15 is 0 Å². The Hall–Kier alpha value is -1.02. The van der Waals surface area contributed by atoms with E-state index in [1.165, 1.54) is 4.30 Å². The maximum atomic E-state index is 10.7. The third-order valence-electron chi connectivity index (χ3n) is 1.48. The van der Waals surface area contributed by atoms with Crippen molar-refractivity contribution >= 4 is 37.4 Å². The van der Waals surface area contributed by atoms with Crippen LogP contribution in [0.2, 0.25) is 0 Å². The van der Waals surface area contributed by atoms with E-state index in [4.69, 9.17) is 14.8 Å². The molecule has 1 unspecified atom stereocenters. The molecule has 0 rings (SSSR count). The van der Waals surface area contributed by atoms with Crippen LogP contribution in [-0.2, 0) is 23.5 Å². The van der Waals surface area contributed by atoms with E-state index in [9.17, 15) is 21.8 Å². The van der Waals surface area contributed by atoms with Crippen molar-refractivity contribution in [2.45, 2.75) is 11.3 Å². The second-order valence-corrected chi connectivity index (χ2v) is 4.61. The zero-order chi connectivity index (χ0) is 12.3. The minimum absolute atomic E-state index is 1.45. The minimum atomic E-state index is -5.25. The Morgan fingerprint density at radius 3 is 2.00 bits per heavy atom. The first-order valence-electron chi connectivity index (χ1n) is 3.31. The fourth-order valence-corrected chi connectivity index (χ4v) is 2.46. The Bertz CT molecular complexity index is 389. The van der Waals surface area contributed by atoms with Gasteiger partial charge >= 0.3 is 89.6 Å². The molecule has 9 nitrogen and oxygen atoms in total. The monoisotopic (exact) mass is 255 g/mol. The molecule has 0 aromatic rings. The molecule has 4 N–H and O–H groups in total. The molecule has 1 atom stereocenters. The Morgan fingerprint density at radius 2 is 1.80 bits per heavy atom. The van der Waals surface area contributed by atoms with Crippen LogP contribution in [0.1, 0.15) is 6.42 Å². The van der Waals surface area contributed by atoms with Crippen molar-refractivity contribution in [2.24, 2.45) is 0 Å². The van der Waals surface area contributed by atoms with Crippen LogP contribution in [0.15, 0.2) is 0 Å². The SMILES string of the molecule is [O]=[Al][NH]C(CC(=O)O)(C(=O)O)S(=O)(=O)O. The Labute approximate surface area is 90.0 Å². The molecule has 0 saturated carbocycles. The molecule has 0 aliphatic rings. The van der Waals surface area contributed by atoms with Gasteiger partial charge in [0.15, 0.2) is 0 Å². The summed E-state index contributed by atoms with van der Waals surface area (Å²) in [6.07, 6.45) is -1.45. The zero-order valence-corrected chi connectivity index (χ0v) is 9.05. The van der Waals surface area contributed by atoms with Crippen LogP contribution in [0.5, 0.6) is 0 Å². The number of nitrogens with one attached hydrogen (secondary N) is 1.